The number of fused-ring (bicyclic) bond motifs is 3. The van der Waals surface area contributed by atoms with Gasteiger partial charge in [0.2, 0.25) is 5.95 Å². The van der Waals surface area contributed by atoms with Crippen molar-refractivity contribution >= 4 is 23.0 Å². The van der Waals surface area contributed by atoms with Crippen molar-refractivity contribution in [2.45, 2.75) is 19.9 Å². The van der Waals surface area contributed by atoms with Crippen molar-refractivity contribution in [3.63, 3.8) is 0 Å². The van der Waals surface area contributed by atoms with Crippen LogP contribution in [0, 0.1) is 5.82 Å². The third kappa shape index (κ3) is 2.37. The second-order valence-corrected chi connectivity index (χ2v) is 5.64. The van der Waals surface area contributed by atoms with Gasteiger partial charge in [0.1, 0.15) is 23.8 Å². The van der Waals surface area contributed by atoms with Crippen LogP contribution in [0.4, 0.5) is 10.3 Å². The summed E-state index contributed by atoms with van der Waals surface area (Å²) < 4.78 is 25.8. The van der Waals surface area contributed by atoms with Crippen LogP contribution in [-0.2, 0) is 9.53 Å². The summed E-state index contributed by atoms with van der Waals surface area (Å²) in [6, 6.07) is 3.70. The van der Waals surface area contributed by atoms with E-state index in [2.05, 4.69) is 15.3 Å². The van der Waals surface area contributed by atoms with Gasteiger partial charge in [-0.3, -0.25) is 4.57 Å². The molecule has 1 atom stereocenters. The molecule has 0 radical (unpaired) electrons. The first-order valence-electron chi connectivity index (χ1n) is 7.80. The summed E-state index contributed by atoms with van der Waals surface area (Å²) in [4.78, 5) is 21.2. The van der Waals surface area contributed by atoms with E-state index in [0.717, 1.165) is 0 Å². The van der Waals surface area contributed by atoms with Gasteiger partial charge >= 0.3 is 5.97 Å². The Morgan fingerprint density at radius 1 is 1.48 bits per heavy atom. The van der Waals surface area contributed by atoms with Gasteiger partial charge in [-0.2, -0.15) is 0 Å². The number of carbonyl (C=O) groups is 1. The highest BCUT2D eigenvalue weighted by atomic mass is 19.1. The Hall–Kier alpha value is -3.16. The number of hydrogen-bond acceptors (Lipinski definition) is 6. The van der Waals surface area contributed by atoms with Crippen LogP contribution >= 0.6 is 0 Å². The SMILES string of the molecule is CCOC(=O)C1=C(C)Nc2nc3ccc(F)cc3n2C1c1cocn1. The number of nitrogens with zero attached hydrogens (tertiary/aromatic N) is 3. The Labute approximate surface area is 142 Å². The molecule has 0 spiro atoms. The van der Waals surface area contributed by atoms with Crippen molar-refractivity contribution in [1.29, 1.82) is 0 Å². The summed E-state index contributed by atoms with van der Waals surface area (Å²) in [6.07, 6.45) is 2.74. The molecule has 1 N–H and O–H groups in total. The predicted molar refractivity (Wildman–Crippen MR) is 87.3 cm³/mol. The van der Waals surface area contributed by atoms with E-state index in [1.165, 1.54) is 24.8 Å². The van der Waals surface area contributed by atoms with Crippen molar-refractivity contribution in [2.75, 3.05) is 11.9 Å². The van der Waals surface area contributed by atoms with Gasteiger partial charge in [0.25, 0.3) is 0 Å². The van der Waals surface area contributed by atoms with Crippen molar-refractivity contribution in [3.8, 4) is 0 Å². The largest absolute Gasteiger partial charge is 0.463 e. The van der Waals surface area contributed by atoms with Gasteiger partial charge in [0.15, 0.2) is 6.39 Å². The number of esters is 1. The monoisotopic (exact) mass is 342 g/mol. The second-order valence-electron chi connectivity index (χ2n) is 5.64. The normalized spacial score (nSPS) is 16.7. The average molecular weight is 342 g/mol. The van der Waals surface area contributed by atoms with Crippen molar-refractivity contribution in [1.82, 2.24) is 14.5 Å². The van der Waals surface area contributed by atoms with Crippen molar-refractivity contribution in [2.24, 2.45) is 0 Å². The molecule has 7 nitrogen and oxygen atoms in total. The zero-order valence-electron chi connectivity index (χ0n) is 13.6. The molecule has 2 aromatic heterocycles. The summed E-state index contributed by atoms with van der Waals surface area (Å²) >= 11 is 0. The quantitative estimate of drug-likeness (QED) is 0.737. The zero-order valence-corrected chi connectivity index (χ0v) is 13.6. The van der Waals surface area contributed by atoms with Gasteiger partial charge < -0.3 is 14.5 Å². The predicted octanol–water partition coefficient (Wildman–Crippen LogP) is 3.02. The van der Waals surface area contributed by atoms with Gasteiger partial charge in [-0.1, -0.05) is 0 Å². The van der Waals surface area contributed by atoms with E-state index in [9.17, 15) is 9.18 Å². The molecule has 1 aromatic carbocycles. The highest BCUT2D eigenvalue weighted by Crippen LogP contribution is 2.39. The van der Waals surface area contributed by atoms with Crippen molar-refractivity contribution in [3.05, 3.63) is 53.6 Å². The van der Waals surface area contributed by atoms with Gasteiger partial charge in [-0.05, 0) is 32.0 Å². The number of halogens is 1. The molecular weight excluding hydrogens is 327 g/mol. The molecule has 0 amide bonds. The Balaban J connectivity index is 1.98. The summed E-state index contributed by atoms with van der Waals surface area (Å²) in [5.74, 6) is -0.360. The Kier molecular flexibility index (Phi) is 3.52. The van der Waals surface area contributed by atoms with Crippen LogP contribution in [0.15, 0.2) is 46.5 Å². The van der Waals surface area contributed by atoms with Crippen LogP contribution < -0.4 is 5.32 Å². The van der Waals surface area contributed by atoms with E-state index in [0.29, 0.717) is 33.9 Å². The third-order valence-corrected chi connectivity index (χ3v) is 4.11. The number of imidazole rings is 1. The van der Waals surface area contributed by atoms with Gasteiger partial charge in [-0.15, -0.1) is 0 Å². The molecule has 25 heavy (non-hydrogen) atoms. The molecule has 3 heterocycles. The van der Waals surface area contributed by atoms with E-state index in [-0.39, 0.29) is 6.61 Å². The number of oxazole rings is 1. The number of carbonyl (C=O) groups excluding carboxylic acids is 1. The number of aromatic nitrogens is 3. The number of allylic oxidation sites excluding steroid dienone is 1. The third-order valence-electron chi connectivity index (χ3n) is 4.11. The van der Waals surface area contributed by atoms with E-state index >= 15 is 0 Å². The molecule has 0 fully saturated rings. The highest BCUT2D eigenvalue weighted by molar-refractivity contribution is 5.93. The minimum atomic E-state index is -0.624. The number of anilines is 1. The average Bonchev–Trinajstić information content (AvgIpc) is 3.21. The number of hydrogen-bond donors (Lipinski definition) is 1. The molecule has 0 saturated heterocycles. The van der Waals surface area contributed by atoms with Crippen molar-refractivity contribution < 1.29 is 18.3 Å². The summed E-state index contributed by atoms with van der Waals surface area (Å²) in [7, 11) is 0. The van der Waals surface area contributed by atoms with Crippen LogP contribution in [0.25, 0.3) is 11.0 Å². The van der Waals surface area contributed by atoms with E-state index in [4.69, 9.17) is 9.15 Å². The molecule has 128 valence electrons. The number of ether oxygens (including phenoxy) is 1. The van der Waals surface area contributed by atoms with Crippen LogP contribution in [0.2, 0.25) is 0 Å². The Morgan fingerprint density at radius 2 is 2.32 bits per heavy atom. The number of rotatable bonds is 3. The van der Waals surface area contributed by atoms with E-state index in [1.54, 1.807) is 24.5 Å². The fourth-order valence-corrected chi connectivity index (χ4v) is 3.10. The molecule has 1 aliphatic rings. The molecule has 3 aromatic rings. The number of benzene rings is 1. The topological polar surface area (TPSA) is 82.2 Å². The lowest BCUT2D eigenvalue weighted by Crippen LogP contribution is -2.29. The fourth-order valence-electron chi connectivity index (χ4n) is 3.10. The minimum absolute atomic E-state index is 0.243. The molecule has 0 bridgehead atoms. The van der Waals surface area contributed by atoms with E-state index < -0.39 is 17.8 Å². The lowest BCUT2D eigenvalue weighted by Gasteiger charge is -2.28. The fraction of sp³-hybridized carbons (Fsp3) is 0.235. The van der Waals surface area contributed by atoms with Crippen LogP contribution in [0.3, 0.4) is 0 Å². The van der Waals surface area contributed by atoms with Gasteiger partial charge in [0.05, 0.1) is 23.2 Å². The van der Waals surface area contributed by atoms with Crippen LogP contribution in [0.5, 0.6) is 0 Å². The Bertz CT molecular complexity index is 991. The lowest BCUT2D eigenvalue weighted by atomic mass is 10.00. The van der Waals surface area contributed by atoms with Gasteiger partial charge in [0, 0.05) is 5.70 Å². The lowest BCUT2D eigenvalue weighted by molar-refractivity contribution is -0.139. The Morgan fingerprint density at radius 3 is 3.04 bits per heavy atom. The molecule has 1 unspecified atom stereocenters. The zero-order chi connectivity index (χ0) is 17.6. The summed E-state index contributed by atoms with van der Waals surface area (Å²) in [5, 5.41) is 3.10. The molecule has 1 aliphatic heterocycles. The number of nitrogens with one attached hydrogen (secondary N) is 1. The standard InChI is InChI=1S/C17H15FN4O3/c1-3-25-16(23)14-9(2)20-17-21-11-5-4-10(18)6-13(11)22(17)15(14)12-7-24-8-19-12/h4-8,15H,3H2,1-2H3,(H,20,21). The minimum Gasteiger partial charge on any atom is -0.463 e. The van der Waals surface area contributed by atoms with Crippen LogP contribution in [-0.4, -0.2) is 27.1 Å². The smallest absolute Gasteiger partial charge is 0.338 e. The summed E-state index contributed by atoms with van der Waals surface area (Å²) in [5.41, 5.74) is 2.65. The molecule has 0 saturated carbocycles. The maximum Gasteiger partial charge on any atom is 0.338 e. The maximum atomic E-state index is 13.8. The van der Waals surface area contributed by atoms with Gasteiger partial charge in [-0.25, -0.2) is 19.2 Å². The first-order valence-corrected chi connectivity index (χ1v) is 7.80. The summed E-state index contributed by atoms with van der Waals surface area (Å²) in [6.45, 7) is 3.75. The highest BCUT2D eigenvalue weighted by Gasteiger charge is 2.36. The first-order chi connectivity index (χ1) is 12.1. The molecule has 0 aliphatic carbocycles. The van der Waals surface area contributed by atoms with E-state index in [1.807, 2.05) is 0 Å². The molecule has 8 heteroatoms. The second kappa shape index (κ2) is 5.73. The first kappa shape index (κ1) is 15.4. The molecule has 4 rings (SSSR count). The van der Waals surface area contributed by atoms with Crippen LogP contribution in [0.1, 0.15) is 25.6 Å². The molecular formula is C17H15FN4O3. The maximum absolute atomic E-state index is 13.8.